The van der Waals surface area contributed by atoms with Crippen LogP contribution in [0, 0.1) is 5.92 Å². The Bertz CT molecular complexity index is 172. The first kappa shape index (κ1) is 15.9. The van der Waals surface area contributed by atoms with Crippen molar-refractivity contribution in [3.05, 3.63) is 0 Å². The first-order valence-corrected chi connectivity index (χ1v) is 6.86. The van der Waals surface area contributed by atoms with Gasteiger partial charge in [0.25, 0.3) is 0 Å². The first-order chi connectivity index (χ1) is 7.43. The van der Waals surface area contributed by atoms with Crippen molar-refractivity contribution in [2.45, 2.75) is 72.4 Å². The molecule has 1 atom stereocenters. The molecule has 0 aromatic carbocycles. The molecular formula is C14H31NO. The van der Waals surface area contributed by atoms with E-state index in [2.05, 4.69) is 46.4 Å². The third-order valence-corrected chi connectivity index (χ3v) is 4.11. The van der Waals surface area contributed by atoms with Crippen LogP contribution < -0.4 is 0 Å². The second kappa shape index (κ2) is 7.29. The van der Waals surface area contributed by atoms with Gasteiger partial charge in [-0.3, -0.25) is 4.90 Å². The molecule has 0 aromatic rings. The minimum atomic E-state index is -0.225. The Morgan fingerprint density at radius 1 is 1.00 bits per heavy atom. The van der Waals surface area contributed by atoms with Crippen molar-refractivity contribution in [2.24, 2.45) is 5.92 Å². The van der Waals surface area contributed by atoms with Crippen LogP contribution in [-0.4, -0.2) is 34.7 Å². The molecule has 0 saturated carbocycles. The molecule has 0 aliphatic carbocycles. The molecule has 1 N–H and O–H groups in total. The zero-order chi connectivity index (χ0) is 12.8. The van der Waals surface area contributed by atoms with Gasteiger partial charge in [-0.1, -0.05) is 40.5 Å². The molecule has 0 radical (unpaired) electrons. The molecule has 2 nitrogen and oxygen atoms in total. The van der Waals surface area contributed by atoms with E-state index in [4.69, 9.17) is 0 Å². The molecule has 1 unspecified atom stereocenters. The zero-order valence-corrected chi connectivity index (χ0v) is 12.1. The van der Waals surface area contributed by atoms with E-state index in [1.54, 1.807) is 0 Å². The third-order valence-electron chi connectivity index (χ3n) is 4.11. The average Bonchev–Trinajstić information content (AvgIpc) is 2.26. The molecule has 0 aliphatic rings. The monoisotopic (exact) mass is 229 g/mol. The Morgan fingerprint density at radius 3 is 1.75 bits per heavy atom. The van der Waals surface area contributed by atoms with Crippen LogP contribution in [0.4, 0.5) is 0 Å². The van der Waals surface area contributed by atoms with E-state index < -0.39 is 0 Å². The van der Waals surface area contributed by atoms with E-state index in [-0.39, 0.29) is 11.6 Å². The highest BCUT2D eigenvalue weighted by Crippen LogP contribution is 2.26. The van der Waals surface area contributed by atoms with E-state index in [1.165, 1.54) is 12.8 Å². The lowest BCUT2D eigenvalue weighted by atomic mass is 9.85. The van der Waals surface area contributed by atoms with E-state index in [9.17, 15) is 5.11 Å². The summed E-state index contributed by atoms with van der Waals surface area (Å²) in [6.07, 6.45) is 3.04. The Hall–Kier alpha value is -0.0800. The van der Waals surface area contributed by atoms with Crippen molar-refractivity contribution < 1.29 is 5.11 Å². The number of hydrogen-bond donors (Lipinski definition) is 1. The molecule has 0 bridgehead atoms. The van der Waals surface area contributed by atoms with Crippen LogP contribution in [0.25, 0.3) is 0 Å². The summed E-state index contributed by atoms with van der Waals surface area (Å²) < 4.78 is 0. The molecule has 0 fully saturated rings. The molecular weight excluding hydrogens is 198 g/mol. The van der Waals surface area contributed by atoms with Gasteiger partial charge in [0.05, 0.1) is 6.10 Å². The number of nitrogens with zero attached hydrogens (tertiary/aromatic N) is 1. The van der Waals surface area contributed by atoms with Gasteiger partial charge in [-0.2, -0.15) is 0 Å². The summed E-state index contributed by atoms with van der Waals surface area (Å²) in [5.74, 6) is 0.657. The molecule has 98 valence electrons. The summed E-state index contributed by atoms with van der Waals surface area (Å²) in [5, 5.41) is 10.4. The fourth-order valence-corrected chi connectivity index (χ4v) is 2.48. The second-order valence-electron chi connectivity index (χ2n) is 5.26. The summed E-state index contributed by atoms with van der Waals surface area (Å²) in [4.78, 5) is 2.35. The van der Waals surface area contributed by atoms with Gasteiger partial charge in [-0.15, -0.1) is 0 Å². The minimum absolute atomic E-state index is 0.105. The molecule has 0 amide bonds. The van der Waals surface area contributed by atoms with E-state index >= 15 is 0 Å². The van der Waals surface area contributed by atoms with Gasteiger partial charge < -0.3 is 5.11 Å². The number of likely N-dealkylation sites (N-methyl/N-ethyl adjacent to an activating group) is 1. The third kappa shape index (κ3) is 4.06. The van der Waals surface area contributed by atoms with Crippen molar-refractivity contribution in [3.63, 3.8) is 0 Å². The Kier molecular flexibility index (Phi) is 7.25. The number of aliphatic hydroxyl groups excluding tert-OH is 1. The van der Waals surface area contributed by atoms with Gasteiger partial charge >= 0.3 is 0 Å². The van der Waals surface area contributed by atoms with Crippen LogP contribution in [-0.2, 0) is 0 Å². The zero-order valence-electron chi connectivity index (χ0n) is 12.1. The van der Waals surface area contributed by atoms with E-state index in [0.29, 0.717) is 5.92 Å². The molecule has 0 aliphatic heterocycles. The number of rotatable bonds is 8. The molecule has 0 spiro atoms. The molecule has 0 saturated heterocycles. The standard InChI is InChI=1S/C14H31NO/c1-7-12(8-2)11-13(16)14(5,6)15(9-3)10-4/h12-13,16H,7-11H2,1-6H3. The van der Waals surface area contributed by atoms with Crippen LogP contribution >= 0.6 is 0 Å². The van der Waals surface area contributed by atoms with Gasteiger partial charge in [-0.25, -0.2) is 0 Å². The van der Waals surface area contributed by atoms with Crippen LogP contribution in [0.5, 0.6) is 0 Å². The maximum atomic E-state index is 10.4. The summed E-state index contributed by atoms with van der Waals surface area (Å²) in [6, 6.07) is 0. The van der Waals surface area contributed by atoms with Crippen molar-refractivity contribution >= 4 is 0 Å². The Balaban J connectivity index is 4.48. The van der Waals surface area contributed by atoms with Gasteiger partial charge in [-0.05, 0) is 39.3 Å². The van der Waals surface area contributed by atoms with Gasteiger partial charge in [0.15, 0.2) is 0 Å². The van der Waals surface area contributed by atoms with Crippen LogP contribution in [0.3, 0.4) is 0 Å². The predicted octanol–water partition coefficient (Wildman–Crippen LogP) is 3.29. The minimum Gasteiger partial charge on any atom is -0.391 e. The van der Waals surface area contributed by atoms with Gasteiger partial charge in [0, 0.05) is 5.54 Å². The fourth-order valence-electron chi connectivity index (χ4n) is 2.48. The predicted molar refractivity (Wildman–Crippen MR) is 71.7 cm³/mol. The lowest BCUT2D eigenvalue weighted by Crippen LogP contribution is -2.52. The largest absolute Gasteiger partial charge is 0.391 e. The normalized spacial score (nSPS) is 14.8. The second-order valence-corrected chi connectivity index (χ2v) is 5.26. The smallest absolute Gasteiger partial charge is 0.0721 e. The lowest BCUT2D eigenvalue weighted by molar-refractivity contribution is -0.0183. The maximum Gasteiger partial charge on any atom is 0.0721 e. The number of hydrogen-bond acceptors (Lipinski definition) is 2. The van der Waals surface area contributed by atoms with Crippen LogP contribution in [0.15, 0.2) is 0 Å². The molecule has 2 heteroatoms. The molecule has 0 rings (SSSR count). The Morgan fingerprint density at radius 2 is 1.44 bits per heavy atom. The van der Waals surface area contributed by atoms with Crippen molar-refractivity contribution in [2.75, 3.05) is 13.1 Å². The Labute approximate surface area is 102 Å². The summed E-state index contributed by atoms with van der Waals surface area (Å²) in [7, 11) is 0. The quantitative estimate of drug-likeness (QED) is 0.690. The molecule has 16 heavy (non-hydrogen) atoms. The molecule has 0 aromatic heterocycles. The highest BCUT2D eigenvalue weighted by atomic mass is 16.3. The number of aliphatic hydroxyl groups is 1. The van der Waals surface area contributed by atoms with Crippen molar-refractivity contribution in [1.29, 1.82) is 0 Å². The van der Waals surface area contributed by atoms with Crippen molar-refractivity contribution in [1.82, 2.24) is 4.90 Å². The lowest BCUT2D eigenvalue weighted by Gasteiger charge is -2.42. The summed E-state index contributed by atoms with van der Waals surface area (Å²) in [5.41, 5.74) is -0.105. The average molecular weight is 229 g/mol. The molecule has 0 heterocycles. The maximum absolute atomic E-state index is 10.4. The summed E-state index contributed by atoms with van der Waals surface area (Å²) in [6.45, 7) is 15.1. The fraction of sp³-hybridized carbons (Fsp3) is 1.00. The highest BCUT2D eigenvalue weighted by molar-refractivity contribution is 4.88. The topological polar surface area (TPSA) is 23.5 Å². The summed E-state index contributed by atoms with van der Waals surface area (Å²) >= 11 is 0. The van der Waals surface area contributed by atoms with E-state index in [1.807, 2.05) is 0 Å². The van der Waals surface area contributed by atoms with Crippen molar-refractivity contribution in [3.8, 4) is 0 Å². The van der Waals surface area contributed by atoms with Gasteiger partial charge in [0.1, 0.15) is 0 Å². The van der Waals surface area contributed by atoms with Crippen LogP contribution in [0.2, 0.25) is 0 Å². The first-order valence-electron chi connectivity index (χ1n) is 6.86. The highest BCUT2D eigenvalue weighted by Gasteiger charge is 2.33. The van der Waals surface area contributed by atoms with E-state index in [0.717, 1.165) is 19.5 Å². The van der Waals surface area contributed by atoms with Crippen LogP contribution in [0.1, 0.15) is 60.8 Å². The van der Waals surface area contributed by atoms with Gasteiger partial charge in [0.2, 0.25) is 0 Å². The SMILES string of the molecule is CCC(CC)CC(O)C(C)(C)N(CC)CC.